The number of ether oxygens (including phenoxy) is 1. The molecule has 4 aromatic rings. The molecule has 1 amide bonds. The van der Waals surface area contributed by atoms with Gasteiger partial charge in [0.1, 0.15) is 5.75 Å². The second-order valence-electron chi connectivity index (χ2n) is 5.16. The number of tetrazole rings is 1. The van der Waals surface area contributed by atoms with Crippen LogP contribution < -0.4 is 10.1 Å². The van der Waals surface area contributed by atoms with E-state index in [4.69, 9.17) is 4.74 Å². The van der Waals surface area contributed by atoms with Crippen LogP contribution in [0.4, 0.5) is 5.69 Å². The maximum Gasteiger partial charge on any atom is 0.361 e. The molecule has 0 aliphatic heterocycles. The molecule has 0 saturated carbocycles. The molecule has 0 unspecified atom stereocenters. The Balaban J connectivity index is 1.52. The monoisotopic (exact) mass is 332 g/mol. The zero-order valence-electron chi connectivity index (χ0n) is 12.9. The van der Waals surface area contributed by atoms with Gasteiger partial charge >= 0.3 is 6.01 Å². The van der Waals surface area contributed by atoms with E-state index in [0.29, 0.717) is 22.5 Å². The second kappa shape index (κ2) is 6.36. The molecule has 8 heteroatoms. The smallest absolute Gasteiger partial charge is 0.361 e. The van der Waals surface area contributed by atoms with Crippen molar-refractivity contribution in [3.05, 3.63) is 66.4 Å². The lowest BCUT2D eigenvalue weighted by Crippen LogP contribution is -2.12. The maximum absolute atomic E-state index is 12.6. The molecule has 2 aromatic carbocycles. The van der Waals surface area contributed by atoms with Gasteiger partial charge < -0.3 is 10.1 Å². The Hall–Kier alpha value is -3.81. The average Bonchev–Trinajstić information content (AvgIpc) is 3.16. The summed E-state index contributed by atoms with van der Waals surface area (Å²) in [7, 11) is 0. The number of hydrogen-bond donors (Lipinski definition) is 2. The van der Waals surface area contributed by atoms with Crippen LogP contribution in [0.15, 0.2) is 60.8 Å². The highest BCUT2D eigenvalue weighted by Gasteiger charge is 2.11. The van der Waals surface area contributed by atoms with Crippen molar-refractivity contribution in [1.82, 2.24) is 25.6 Å². The fourth-order valence-electron chi connectivity index (χ4n) is 2.39. The van der Waals surface area contributed by atoms with E-state index in [1.54, 1.807) is 36.5 Å². The molecule has 8 nitrogen and oxygen atoms in total. The van der Waals surface area contributed by atoms with Gasteiger partial charge in [0.2, 0.25) is 0 Å². The standard InChI is InChI=1S/C17H12N6O2/c24-16(14-5-1-3-11-4-2-10-18-15(11)14)19-12-6-8-13(9-7-12)25-17-20-22-23-21-17/h1-10H,(H,19,24)(H,20,21,22,23). The van der Waals surface area contributed by atoms with E-state index in [1.807, 2.05) is 24.3 Å². The normalized spacial score (nSPS) is 10.6. The van der Waals surface area contributed by atoms with E-state index in [2.05, 4.69) is 30.9 Å². The summed E-state index contributed by atoms with van der Waals surface area (Å²) in [6, 6.07) is 16.2. The van der Waals surface area contributed by atoms with Gasteiger partial charge in [-0.15, -0.1) is 0 Å². The number of benzene rings is 2. The number of carbonyl (C=O) groups excluding carboxylic acids is 1. The lowest BCUT2D eigenvalue weighted by molar-refractivity contribution is 0.102. The predicted octanol–water partition coefficient (Wildman–Crippen LogP) is 2.79. The summed E-state index contributed by atoms with van der Waals surface area (Å²) in [5, 5.41) is 16.9. The summed E-state index contributed by atoms with van der Waals surface area (Å²) in [4.78, 5) is 16.9. The summed E-state index contributed by atoms with van der Waals surface area (Å²) < 4.78 is 5.38. The Bertz CT molecular complexity index is 1010. The molecule has 0 atom stereocenters. The fourth-order valence-corrected chi connectivity index (χ4v) is 2.39. The van der Waals surface area contributed by atoms with Gasteiger partial charge in [0.15, 0.2) is 0 Å². The van der Waals surface area contributed by atoms with Crippen molar-refractivity contribution in [3.8, 4) is 11.8 Å². The Kier molecular flexibility index (Phi) is 3.76. The van der Waals surface area contributed by atoms with Crippen molar-refractivity contribution >= 4 is 22.5 Å². The highest BCUT2D eigenvalue weighted by Crippen LogP contribution is 2.21. The SMILES string of the molecule is O=C(Nc1ccc(Oc2nn[nH]n2)cc1)c1cccc2cccnc12. The number of hydrogen-bond acceptors (Lipinski definition) is 6. The van der Waals surface area contributed by atoms with Gasteiger partial charge in [-0.1, -0.05) is 28.4 Å². The van der Waals surface area contributed by atoms with E-state index in [1.165, 1.54) is 0 Å². The Labute approximate surface area is 141 Å². The summed E-state index contributed by atoms with van der Waals surface area (Å²) in [6.07, 6.45) is 1.67. The van der Waals surface area contributed by atoms with Crippen LogP contribution in [0, 0.1) is 0 Å². The molecule has 122 valence electrons. The second-order valence-corrected chi connectivity index (χ2v) is 5.16. The summed E-state index contributed by atoms with van der Waals surface area (Å²) in [5.41, 5.74) is 1.82. The first-order chi connectivity index (χ1) is 12.3. The molecule has 0 radical (unpaired) electrons. The van der Waals surface area contributed by atoms with Gasteiger partial charge in [-0.3, -0.25) is 9.78 Å². The van der Waals surface area contributed by atoms with Gasteiger partial charge in [0.25, 0.3) is 5.91 Å². The van der Waals surface area contributed by atoms with Crippen LogP contribution in [0.25, 0.3) is 10.9 Å². The third-order valence-electron chi connectivity index (χ3n) is 3.52. The molecular weight excluding hydrogens is 320 g/mol. The lowest BCUT2D eigenvalue weighted by Gasteiger charge is -2.08. The summed E-state index contributed by atoms with van der Waals surface area (Å²) >= 11 is 0. The van der Waals surface area contributed by atoms with Crippen molar-refractivity contribution in [2.45, 2.75) is 0 Å². The summed E-state index contributed by atoms with van der Waals surface area (Å²) in [6.45, 7) is 0. The van der Waals surface area contributed by atoms with Crippen molar-refractivity contribution in [2.24, 2.45) is 0 Å². The van der Waals surface area contributed by atoms with Gasteiger partial charge in [0.05, 0.1) is 11.1 Å². The lowest BCUT2D eigenvalue weighted by atomic mass is 10.1. The number of nitrogens with one attached hydrogen (secondary N) is 2. The number of nitrogens with zero attached hydrogens (tertiary/aromatic N) is 4. The molecule has 0 spiro atoms. The zero-order valence-corrected chi connectivity index (χ0v) is 12.9. The number of rotatable bonds is 4. The molecule has 25 heavy (non-hydrogen) atoms. The molecule has 0 aliphatic rings. The van der Waals surface area contributed by atoms with Crippen LogP contribution in [0.5, 0.6) is 11.8 Å². The minimum Gasteiger partial charge on any atom is -0.422 e. The van der Waals surface area contributed by atoms with E-state index >= 15 is 0 Å². The number of anilines is 1. The van der Waals surface area contributed by atoms with Gasteiger partial charge in [-0.05, 0) is 41.6 Å². The third-order valence-corrected chi connectivity index (χ3v) is 3.52. The highest BCUT2D eigenvalue weighted by molar-refractivity contribution is 6.11. The summed E-state index contributed by atoms with van der Waals surface area (Å²) in [5.74, 6) is 0.308. The Morgan fingerprint density at radius 1 is 1.04 bits per heavy atom. The number of amides is 1. The van der Waals surface area contributed by atoms with Crippen LogP contribution in [0.1, 0.15) is 10.4 Å². The number of aromatic nitrogens is 5. The van der Waals surface area contributed by atoms with E-state index in [-0.39, 0.29) is 11.9 Å². The molecule has 2 heterocycles. The van der Waals surface area contributed by atoms with Crippen molar-refractivity contribution in [3.63, 3.8) is 0 Å². The molecule has 0 saturated heterocycles. The molecule has 4 rings (SSSR count). The first kappa shape index (κ1) is 14.8. The quantitative estimate of drug-likeness (QED) is 0.595. The van der Waals surface area contributed by atoms with Crippen LogP contribution in [0.3, 0.4) is 0 Å². The van der Waals surface area contributed by atoms with Gasteiger partial charge in [0, 0.05) is 17.3 Å². The fraction of sp³-hybridized carbons (Fsp3) is 0. The highest BCUT2D eigenvalue weighted by atomic mass is 16.5. The molecule has 2 aromatic heterocycles. The number of pyridine rings is 1. The molecule has 0 bridgehead atoms. The molecule has 2 N–H and O–H groups in total. The first-order valence-electron chi connectivity index (χ1n) is 7.46. The number of aromatic amines is 1. The molecule has 0 fully saturated rings. The van der Waals surface area contributed by atoms with Crippen molar-refractivity contribution < 1.29 is 9.53 Å². The van der Waals surface area contributed by atoms with Crippen molar-refractivity contribution in [2.75, 3.05) is 5.32 Å². The van der Waals surface area contributed by atoms with Crippen LogP contribution in [-0.4, -0.2) is 31.5 Å². The Morgan fingerprint density at radius 3 is 2.68 bits per heavy atom. The topological polar surface area (TPSA) is 106 Å². The van der Waals surface area contributed by atoms with Crippen LogP contribution >= 0.6 is 0 Å². The first-order valence-corrected chi connectivity index (χ1v) is 7.46. The minimum atomic E-state index is -0.226. The Morgan fingerprint density at radius 2 is 1.88 bits per heavy atom. The number of carbonyl (C=O) groups is 1. The van der Waals surface area contributed by atoms with E-state index < -0.39 is 0 Å². The van der Waals surface area contributed by atoms with Crippen LogP contribution in [0.2, 0.25) is 0 Å². The third kappa shape index (κ3) is 3.13. The average molecular weight is 332 g/mol. The number of H-pyrrole nitrogens is 1. The van der Waals surface area contributed by atoms with Crippen LogP contribution in [-0.2, 0) is 0 Å². The van der Waals surface area contributed by atoms with Gasteiger partial charge in [-0.2, -0.15) is 5.21 Å². The zero-order chi connectivity index (χ0) is 17.1. The van der Waals surface area contributed by atoms with E-state index in [0.717, 1.165) is 5.39 Å². The van der Waals surface area contributed by atoms with Crippen molar-refractivity contribution in [1.29, 1.82) is 0 Å². The molecule has 0 aliphatic carbocycles. The minimum absolute atomic E-state index is 0.124. The largest absolute Gasteiger partial charge is 0.422 e. The van der Waals surface area contributed by atoms with Gasteiger partial charge in [-0.25, -0.2) is 0 Å². The van der Waals surface area contributed by atoms with E-state index in [9.17, 15) is 4.79 Å². The molecular formula is C17H12N6O2. The maximum atomic E-state index is 12.6. The predicted molar refractivity (Wildman–Crippen MR) is 90.4 cm³/mol. The number of fused-ring (bicyclic) bond motifs is 1. The number of para-hydroxylation sites is 1.